The van der Waals surface area contributed by atoms with Crippen LogP contribution >= 0.6 is 0 Å². The van der Waals surface area contributed by atoms with E-state index in [0.29, 0.717) is 12.5 Å². The van der Waals surface area contributed by atoms with Crippen molar-refractivity contribution in [2.24, 2.45) is 17.8 Å². The molecule has 0 fully saturated rings. The number of aromatic nitrogens is 2. The zero-order chi connectivity index (χ0) is 14.4. The summed E-state index contributed by atoms with van der Waals surface area (Å²) in [6.07, 6.45) is 3.62. The lowest BCUT2D eigenvalue weighted by Crippen LogP contribution is -2.23. The molecule has 1 heterocycles. The van der Waals surface area contributed by atoms with E-state index in [1.165, 1.54) is 5.56 Å². The molecule has 0 aliphatic carbocycles. The molecule has 0 aliphatic rings. The fraction of sp³-hybridized carbons (Fsp3) is 0.333. The van der Waals surface area contributed by atoms with Gasteiger partial charge in [-0.25, -0.2) is 0 Å². The highest BCUT2D eigenvalue weighted by Crippen LogP contribution is 2.10. The second-order valence-corrected chi connectivity index (χ2v) is 4.64. The van der Waals surface area contributed by atoms with Crippen LogP contribution in [0.15, 0.2) is 41.5 Å². The summed E-state index contributed by atoms with van der Waals surface area (Å²) in [7, 11) is 1.93. The number of hydrogen-bond donors (Lipinski definition) is 2. The molecule has 2 aromatic rings. The SMILES string of the molecule is CCc1cccc(NC(N)=NCCc2ccnn2C)c1. The van der Waals surface area contributed by atoms with Crippen molar-refractivity contribution in [1.82, 2.24) is 9.78 Å². The van der Waals surface area contributed by atoms with Gasteiger partial charge in [0.15, 0.2) is 5.96 Å². The molecule has 5 heteroatoms. The van der Waals surface area contributed by atoms with E-state index in [1.807, 2.05) is 29.9 Å². The third-order valence-corrected chi connectivity index (χ3v) is 3.18. The number of rotatable bonds is 5. The first-order valence-electron chi connectivity index (χ1n) is 6.82. The number of guanidine groups is 1. The van der Waals surface area contributed by atoms with Crippen molar-refractivity contribution < 1.29 is 0 Å². The van der Waals surface area contributed by atoms with Gasteiger partial charge in [-0.05, 0) is 30.2 Å². The van der Waals surface area contributed by atoms with Gasteiger partial charge in [-0.15, -0.1) is 0 Å². The molecule has 0 aliphatic heterocycles. The minimum absolute atomic E-state index is 0.445. The van der Waals surface area contributed by atoms with Crippen molar-refractivity contribution in [3.63, 3.8) is 0 Å². The Hall–Kier alpha value is -2.30. The normalized spacial score (nSPS) is 11.6. The minimum atomic E-state index is 0.445. The molecule has 0 unspecified atom stereocenters. The van der Waals surface area contributed by atoms with E-state index in [0.717, 1.165) is 24.2 Å². The fourth-order valence-corrected chi connectivity index (χ4v) is 1.99. The molecule has 2 rings (SSSR count). The van der Waals surface area contributed by atoms with Gasteiger partial charge >= 0.3 is 0 Å². The molecule has 0 saturated heterocycles. The smallest absolute Gasteiger partial charge is 0.193 e. The first kappa shape index (κ1) is 14.1. The highest BCUT2D eigenvalue weighted by molar-refractivity contribution is 5.92. The predicted molar refractivity (Wildman–Crippen MR) is 82.8 cm³/mol. The zero-order valence-electron chi connectivity index (χ0n) is 12.0. The van der Waals surface area contributed by atoms with Gasteiger partial charge in [0.2, 0.25) is 0 Å². The minimum Gasteiger partial charge on any atom is -0.370 e. The maximum absolute atomic E-state index is 5.89. The summed E-state index contributed by atoms with van der Waals surface area (Å²) < 4.78 is 1.85. The van der Waals surface area contributed by atoms with E-state index < -0.39 is 0 Å². The quantitative estimate of drug-likeness (QED) is 0.645. The van der Waals surface area contributed by atoms with Crippen molar-refractivity contribution in [2.75, 3.05) is 11.9 Å². The van der Waals surface area contributed by atoms with Gasteiger partial charge in [-0.1, -0.05) is 19.1 Å². The monoisotopic (exact) mass is 271 g/mol. The van der Waals surface area contributed by atoms with E-state index in [2.05, 4.69) is 34.5 Å². The van der Waals surface area contributed by atoms with Crippen molar-refractivity contribution in [1.29, 1.82) is 0 Å². The molecular formula is C15H21N5. The Morgan fingerprint density at radius 3 is 2.95 bits per heavy atom. The molecule has 0 spiro atoms. The van der Waals surface area contributed by atoms with Crippen LogP contribution < -0.4 is 11.1 Å². The van der Waals surface area contributed by atoms with Gasteiger partial charge in [0.25, 0.3) is 0 Å². The predicted octanol–water partition coefficient (Wildman–Crippen LogP) is 1.95. The van der Waals surface area contributed by atoms with E-state index in [4.69, 9.17) is 5.73 Å². The van der Waals surface area contributed by atoms with Crippen LogP contribution in [0.5, 0.6) is 0 Å². The number of nitrogens with zero attached hydrogens (tertiary/aromatic N) is 3. The van der Waals surface area contributed by atoms with Crippen molar-refractivity contribution in [3.8, 4) is 0 Å². The average Bonchev–Trinajstić information content (AvgIpc) is 2.85. The van der Waals surface area contributed by atoms with Gasteiger partial charge in [0.1, 0.15) is 0 Å². The number of nitrogens with one attached hydrogen (secondary N) is 1. The Labute approximate surface area is 119 Å². The topological polar surface area (TPSA) is 68.2 Å². The molecule has 1 aromatic heterocycles. The largest absolute Gasteiger partial charge is 0.370 e. The molecule has 1 aromatic carbocycles. The number of nitrogens with two attached hydrogens (primary N) is 1. The lowest BCUT2D eigenvalue weighted by molar-refractivity contribution is 0.706. The molecule has 20 heavy (non-hydrogen) atoms. The second kappa shape index (κ2) is 6.75. The molecule has 5 nitrogen and oxygen atoms in total. The molecule has 0 saturated carbocycles. The van der Waals surface area contributed by atoms with Crippen LogP contribution in [0.1, 0.15) is 18.2 Å². The van der Waals surface area contributed by atoms with Crippen LogP contribution in [0.2, 0.25) is 0 Å². The Morgan fingerprint density at radius 2 is 2.25 bits per heavy atom. The fourth-order valence-electron chi connectivity index (χ4n) is 1.99. The molecule has 0 amide bonds. The number of anilines is 1. The summed E-state index contributed by atoms with van der Waals surface area (Å²) in [6, 6.07) is 10.2. The first-order valence-corrected chi connectivity index (χ1v) is 6.82. The number of aryl methyl sites for hydroxylation is 2. The Balaban J connectivity index is 1.89. The molecule has 106 valence electrons. The van der Waals surface area contributed by atoms with Gasteiger partial charge in [0.05, 0.1) is 0 Å². The van der Waals surface area contributed by atoms with Crippen LogP contribution in [0.4, 0.5) is 5.69 Å². The number of benzene rings is 1. The third-order valence-electron chi connectivity index (χ3n) is 3.18. The molecule has 3 N–H and O–H groups in total. The maximum Gasteiger partial charge on any atom is 0.193 e. The lowest BCUT2D eigenvalue weighted by atomic mass is 10.1. The highest BCUT2D eigenvalue weighted by atomic mass is 15.3. The van der Waals surface area contributed by atoms with Gasteiger partial charge in [0, 0.05) is 37.6 Å². The van der Waals surface area contributed by atoms with Crippen LogP contribution in [-0.4, -0.2) is 22.3 Å². The van der Waals surface area contributed by atoms with E-state index in [-0.39, 0.29) is 0 Å². The molecule has 0 radical (unpaired) electrons. The Kier molecular flexibility index (Phi) is 4.76. The average molecular weight is 271 g/mol. The van der Waals surface area contributed by atoms with Crippen molar-refractivity contribution in [2.45, 2.75) is 19.8 Å². The van der Waals surface area contributed by atoms with E-state index >= 15 is 0 Å². The van der Waals surface area contributed by atoms with Gasteiger partial charge in [-0.2, -0.15) is 5.10 Å². The van der Waals surface area contributed by atoms with E-state index in [1.54, 1.807) is 6.20 Å². The second-order valence-electron chi connectivity index (χ2n) is 4.64. The number of aliphatic imine (C=N–C) groups is 1. The van der Waals surface area contributed by atoms with Gasteiger partial charge in [-0.3, -0.25) is 9.67 Å². The standard InChI is InChI=1S/C15H21N5/c1-3-12-5-4-6-13(11-12)19-15(16)17-9-7-14-8-10-18-20(14)2/h4-6,8,10-11H,3,7,9H2,1-2H3,(H3,16,17,19). The molecule has 0 bridgehead atoms. The van der Waals surface area contributed by atoms with Crippen LogP contribution in [0, 0.1) is 0 Å². The summed E-state index contributed by atoms with van der Waals surface area (Å²) in [5.41, 5.74) is 9.29. The first-order chi connectivity index (χ1) is 9.69. The summed E-state index contributed by atoms with van der Waals surface area (Å²) in [6.45, 7) is 2.77. The van der Waals surface area contributed by atoms with Crippen molar-refractivity contribution >= 4 is 11.6 Å². The Morgan fingerprint density at radius 1 is 1.40 bits per heavy atom. The molecular weight excluding hydrogens is 250 g/mol. The van der Waals surface area contributed by atoms with Crippen LogP contribution in [0.3, 0.4) is 0 Å². The summed E-state index contributed by atoms with van der Waals surface area (Å²) in [5.74, 6) is 0.445. The lowest BCUT2D eigenvalue weighted by Gasteiger charge is -2.07. The van der Waals surface area contributed by atoms with Crippen LogP contribution in [-0.2, 0) is 19.9 Å². The van der Waals surface area contributed by atoms with Gasteiger partial charge < -0.3 is 11.1 Å². The molecule has 0 atom stereocenters. The van der Waals surface area contributed by atoms with E-state index in [9.17, 15) is 0 Å². The number of hydrogen-bond acceptors (Lipinski definition) is 2. The van der Waals surface area contributed by atoms with Crippen molar-refractivity contribution in [3.05, 3.63) is 47.8 Å². The third kappa shape index (κ3) is 3.85. The zero-order valence-corrected chi connectivity index (χ0v) is 12.0. The highest BCUT2D eigenvalue weighted by Gasteiger charge is 1.99. The summed E-state index contributed by atoms with van der Waals surface area (Å²) in [4.78, 5) is 4.33. The summed E-state index contributed by atoms with van der Waals surface area (Å²) in [5, 5.41) is 7.24. The Bertz CT molecular complexity index is 585. The van der Waals surface area contributed by atoms with Crippen LogP contribution in [0.25, 0.3) is 0 Å². The maximum atomic E-state index is 5.89. The summed E-state index contributed by atoms with van der Waals surface area (Å²) >= 11 is 0.